The molecule has 0 saturated heterocycles. The molecule has 1 fully saturated rings. The molecule has 1 aliphatic carbocycles. The van der Waals surface area contributed by atoms with Crippen LogP contribution in [0.1, 0.15) is 13.3 Å². The Labute approximate surface area is 122 Å². The number of alkyl halides is 2. The Balaban J connectivity index is 2.05. The number of methoxy groups -OCH3 is 1. The number of halogens is 2. The van der Waals surface area contributed by atoms with Crippen LogP contribution in [-0.2, 0) is 4.79 Å². The highest BCUT2D eigenvalue weighted by Crippen LogP contribution is 2.53. The quantitative estimate of drug-likeness (QED) is 0.821. The molecular formula is C13H16Cl2N2O2. The second-order valence-corrected chi connectivity index (χ2v) is 6.18. The third kappa shape index (κ3) is 3.67. The third-order valence-corrected chi connectivity index (χ3v) is 3.94. The molecule has 2 rings (SSSR count). The number of anilines is 2. The van der Waals surface area contributed by atoms with Crippen LogP contribution >= 0.6 is 23.2 Å². The van der Waals surface area contributed by atoms with E-state index >= 15 is 0 Å². The first-order chi connectivity index (χ1) is 8.92. The maximum atomic E-state index is 11.0. The smallest absolute Gasteiger partial charge is 0.221 e. The lowest BCUT2D eigenvalue weighted by molar-refractivity contribution is -0.114. The number of amides is 1. The summed E-state index contributed by atoms with van der Waals surface area (Å²) in [7, 11) is 1.60. The monoisotopic (exact) mass is 302 g/mol. The van der Waals surface area contributed by atoms with Gasteiger partial charge in [-0.25, -0.2) is 0 Å². The highest BCUT2D eigenvalue weighted by atomic mass is 35.5. The topological polar surface area (TPSA) is 50.4 Å². The molecule has 4 nitrogen and oxygen atoms in total. The van der Waals surface area contributed by atoms with Crippen LogP contribution in [0.3, 0.4) is 0 Å². The fourth-order valence-electron chi connectivity index (χ4n) is 1.85. The zero-order chi connectivity index (χ0) is 14.0. The van der Waals surface area contributed by atoms with Crippen LogP contribution in [0.2, 0.25) is 0 Å². The van der Waals surface area contributed by atoms with Crippen LogP contribution in [-0.4, -0.2) is 23.9 Å². The van der Waals surface area contributed by atoms with Crippen LogP contribution in [0.25, 0.3) is 0 Å². The van der Waals surface area contributed by atoms with Crippen molar-refractivity contribution in [2.24, 2.45) is 5.92 Å². The van der Waals surface area contributed by atoms with Crippen molar-refractivity contribution in [2.45, 2.75) is 17.7 Å². The predicted molar refractivity (Wildman–Crippen MR) is 78.3 cm³/mol. The van der Waals surface area contributed by atoms with E-state index in [4.69, 9.17) is 27.9 Å². The molecule has 1 unspecified atom stereocenters. The Kier molecular flexibility index (Phi) is 4.11. The van der Waals surface area contributed by atoms with E-state index in [1.165, 1.54) is 6.92 Å². The SMILES string of the molecule is COc1ccc(NC(C)=O)cc1NCC1CC1(Cl)Cl. The summed E-state index contributed by atoms with van der Waals surface area (Å²) in [6.45, 7) is 2.14. The van der Waals surface area contributed by atoms with Gasteiger partial charge >= 0.3 is 0 Å². The highest BCUT2D eigenvalue weighted by molar-refractivity contribution is 6.50. The second kappa shape index (κ2) is 5.47. The van der Waals surface area contributed by atoms with Crippen LogP contribution in [0.5, 0.6) is 5.75 Å². The maximum absolute atomic E-state index is 11.0. The number of hydrogen-bond donors (Lipinski definition) is 2. The molecule has 1 aromatic rings. The lowest BCUT2D eigenvalue weighted by Gasteiger charge is -2.13. The number of rotatable bonds is 5. The molecule has 0 aromatic heterocycles. The van der Waals surface area contributed by atoms with Crippen LogP contribution < -0.4 is 15.4 Å². The molecule has 1 aliphatic rings. The standard InChI is InChI=1S/C13H16Cl2N2O2/c1-8(18)17-10-3-4-12(19-2)11(5-10)16-7-9-6-13(9,14)15/h3-5,9,16H,6-7H2,1-2H3,(H,17,18). The fourth-order valence-corrected chi connectivity index (χ4v) is 2.38. The Morgan fingerprint density at radius 3 is 2.74 bits per heavy atom. The van der Waals surface area contributed by atoms with E-state index in [0.29, 0.717) is 12.3 Å². The number of ether oxygens (including phenoxy) is 1. The van der Waals surface area contributed by atoms with Gasteiger partial charge in [0.25, 0.3) is 0 Å². The molecule has 104 valence electrons. The minimum Gasteiger partial charge on any atom is -0.495 e. The molecule has 2 N–H and O–H groups in total. The first-order valence-corrected chi connectivity index (χ1v) is 6.75. The average molecular weight is 303 g/mol. The Bertz CT molecular complexity index is 492. The van der Waals surface area contributed by atoms with E-state index in [2.05, 4.69) is 10.6 Å². The van der Waals surface area contributed by atoms with E-state index in [-0.39, 0.29) is 11.8 Å². The maximum Gasteiger partial charge on any atom is 0.221 e. The average Bonchev–Trinajstić information content (AvgIpc) is 2.94. The van der Waals surface area contributed by atoms with Crippen molar-refractivity contribution in [3.63, 3.8) is 0 Å². The normalized spacial score (nSPS) is 19.7. The molecule has 1 amide bonds. The van der Waals surface area contributed by atoms with Gasteiger partial charge < -0.3 is 15.4 Å². The minimum atomic E-state index is -0.602. The summed E-state index contributed by atoms with van der Waals surface area (Å²) in [5, 5.41) is 5.98. The van der Waals surface area contributed by atoms with Gasteiger partial charge in [-0.2, -0.15) is 0 Å². The van der Waals surface area contributed by atoms with E-state index in [0.717, 1.165) is 17.8 Å². The number of benzene rings is 1. The summed E-state index contributed by atoms with van der Waals surface area (Å²) >= 11 is 12.0. The summed E-state index contributed by atoms with van der Waals surface area (Å²) in [5.41, 5.74) is 1.53. The lowest BCUT2D eigenvalue weighted by atomic mass is 10.2. The van der Waals surface area contributed by atoms with Gasteiger partial charge in [-0.1, -0.05) is 0 Å². The van der Waals surface area contributed by atoms with Gasteiger partial charge in [0.05, 0.1) is 12.8 Å². The largest absolute Gasteiger partial charge is 0.495 e. The third-order valence-electron chi connectivity index (χ3n) is 3.01. The molecule has 0 radical (unpaired) electrons. The van der Waals surface area contributed by atoms with E-state index < -0.39 is 4.33 Å². The first-order valence-electron chi connectivity index (χ1n) is 5.99. The van der Waals surface area contributed by atoms with E-state index in [1.807, 2.05) is 6.07 Å². The van der Waals surface area contributed by atoms with Gasteiger partial charge in [0, 0.05) is 25.1 Å². The fraction of sp³-hybridized carbons (Fsp3) is 0.462. The molecule has 6 heteroatoms. The Hall–Kier alpha value is -1.13. The molecular weight excluding hydrogens is 287 g/mol. The summed E-state index contributed by atoms with van der Waals surface area (Å²) in [4.78, 5) is 11.0. The molecule has 19 heavy (non-hydrogen) atoms. The molecule has 0 aliphatic heterocycles. The van der Waals surface area contributed by atoms with Gasteiger partial charge in [-0.15, -0.1) is 23.2 Å². The molecule has 0 heterocycles. The summed E-state index contributed by atoms with van der Waals surface area (Å²) in [5.74, 6) is 0.841. The van der Waals surface area contributed by atoms with Crippen molar-refractivity contribution in [2.75, 3.05) is 24.3 Å². The van der Waals surface area contributed by atoms with Crippen LogP contribution in [0.15, 0.2) is 18.2 Å². The van der Waals surface area contributed by atoms with Gasteiger partial charge in [0.15, 0.2) is 0 Å². The Morgan fingerprint density at radius 2 is 2.21 bits per heavy atom. The van der Waals surface area contributed by atoms with Gasteiger partial charge in [-0.3, -0.25) is 4.79 Å². The number of nitrogens with one attached hydrogen (secondary N) is 2. The highest BCUT2D eigenvalue weighted by Gasteiger charge is 2.51. The minimum absolute atomic E-state index is 0.112. The number of carbonyl (C=O) groups excluding carboxylic acids is 1. The van der Waals surface area contributed by atoms with Crippen LogP contribution in [0, 0.1) is 5.92 Å². The number of carbonyl (C=O) groups is 1. The zero-order valence-electron chi connectivity index (χ0n) is 10.8. The van der Waals surface area contributed by atoms with Gasteiger partial charge in [-0.05, 0) is 24.6 Å². The molecule has 0 spiro atoms. The van der Waals surface area contributed by atoms with Crippen LogP contribution in [0.4, 0.5) is 11.4 Å². The lowest BCUT2D eigenvalue weighted by Crippen LogP contribution is -2.10. The number of hydrogen-bond acceptors (Lipinski definition) is 3. The summed E-state index contributed by atoms with van der Waals surface area (Å²) < 4.78 is 4.67. The second-order valence-electron chi connectivity index (χ2n) is 4.64. The van der Waals surface area contributed by atoms with E-state index in [9.17, 15) is 4.79 Å². The van der Waals surface area contributed by atoms with Gasteiger partial charge in [0.1, 0.15) is 10.1 Å². The molecule has 1 aromatic carbocycles. The molecule has 0 bridgehead atoms. The van der Waals surface area contributed by atoms with Crippen molar-refractivity contribution < 1.29 is 9.53 Å². The van der Waals surface area contributed by atoms with Gasteiger partial charge in [0.2, 0.25) is 5.91 Å². The summed E-state index contributed by atoms with van der Waals surface area (Å²) in [6.07, 6.45) is 0.789. The first kappa shape index (κ1) is 14.3. The molecule has 1 atom stereocenters. The molecule has 1 saturated carbocycles. The van der Waals surface area contributed by atoms with E-state index in [1.54, 1.807) is 19.2 Å². The van der Waals surface area contributed by atoms with Crippen molar-refractivity contribution in [1.29, 1.82) is 0 Å². The zero-order valence-corrected chi connectivity index (χ0v) is 12.3. The van der Waals surface area contributed by atoms with Crippen molar-refractivity contribution in [1.82, 2.24) is 0 Å². The van der Waals surface area contributed by atoms with Crippen molar-refractivity contribution in [3.8, 4) is 5.75 Å². The van der Waals surface area contributed by atoms with Crippen molar-refractivity contribution >= 4 is 40.5 Å². The van der Waals surface area contributed by atoms with Crippen molar-refractivity contribution in [3.05, 3.63) is 18.2 Å². The predicted octanol–water partition coefficient (Wildman–Crippen LogP) is 3.26. The Morgan fingerprint density at radius 1 is 1.53 bits per heavy atom. The summed E-state index contributed by atoms with van der Waals surface area (Å²) in [6, 6.07) is 5.41.